The molecule has 0 aromatic heterocycles. The van der Waals surface area contributed by atoms with Gasteiger partial charge in [0.2, 0.25) is 0 Å². The molecule has 0 saturated heterocycles. The van der Waals surface area contributed by atoms with Crippen molar-refractivity contribution in [2.24, 2.45) is 10.8 Å². The molecule has 0 nitrogen and oxygen atoms in total. The first kappa shape index (κ1) is 19.1. The van der Waals surface area contributed by atoms with Gasteiger partial charge >= 0.3 is 0 Å². The molecule has 116 valence electrons. The van der Waals surface area contributed by atoms with Gasteiger partial charge in [0.05, 0.1) is 0 Å². The van der Waals surface area contributed by atoms with Crippen molar-refractivity contribution in [3.8, 4) is 0 Å². The van der Waals surface area contributed by atoms with Crippen molar-refractivity contribution in [2.75, 3.05) is 0 Å². The maximum atomic E-state index is 14.3. The van der Waals surface area contributed by atoms with Crippen LogP contribution in [0.5, 0.6) is 0 Å². The first-order valence-electron chi connectivity index (χ1n) is 7.35. The smallest absolute Gasteiger partial charge is 0.158 e. The van der Waals surface area contributed by atoms with Crippen LogP contribution < -0.4 is 0 Å². The summed E-state index contributed by atoms with van der Waals surface area (Å²) in [4.78, 5) is 0. The van der Waals surface area contributed by atoms with Gasteiger partial charge in [-0.15, -0.1) is 0 Å². The fraction of sp³-hybridized carbons (Fsp3) is 0.667. The van der Waals surface area contributed by atoms with Crippen LogP contribution in [0.1, 0.15) is 68.2 Å². The van der Waals surface area contributed by atoms with E-state index >= 15 is 0 Å². The second kappa shape index (κ2) is 7.19. The molecule has 0 fully saturated rings. The molecule has 0 radical (unpaired) electrons. The van der Waals surface area contributed by atoms with Crippen molar-refractivity contribution >= 4 is 0 Å². The van der Waals surface area contributed by atoms with Crippen LogP contribution in [-0.2, 0) is 0 Å². The second-order valence-electron chi connectivity index (χ2n) is 7.24. The molecule has 0 aliphatic carbocycles. The molecule has 0 amide bonds. The van der Waals surface area contributed by atoms with Crippen LogP contribution in [0.4, 0.5) is 8.78 Å². The lowest BCUT2D eigenvalue weighted by molar-refractivity contribution is 0.379. The molecular formula is C18H30F2. The minimum Gasteiger partial charge on any atom is -0.209 e. The van der Waals surface area contributed by atoms with Crippen molar-refractivity contribution < 1.29 is 8.78 Å². The van der Waals surface area contributed by atoms with Crippen molar-refractivity contribution in [3.63, 3.8) is 0 Å². The maximum Gasteiger partial charge on any atom is 0.158 e. The Morgan fingerprint density at radius 2 is 1.50 bits per heavy atom. The quantitative estimate of drug-likeness (QED) is 0.481. The van der Waals surface area contributed by atoms with E-state index in [0.29, 0.717) is 5.57 Å². The lowest BCUT2D eigenvalue weighted by Crippen LogP contribution is -2.17. The fourth-order valence-corrected chi connectivity index (χ4v) is 2.38. The topological polar surface area (TPSA) is 0 Å². The zero-order valence-electron chi connectivity index (χ0n) is 14.3. The second-order valence-corrected chi connectivity index (χ2v) is 7.24. The van der Waals surface area contributed by atoms with Gasteiger partial charge in [0.15, 0.2) is 5.83 Å². The van der Waals surface area contributed by atoms with Crippen molar-refractivity contribution in [2.45, 2.75) is 68.2 Å². The van der Waals surface area contributed by atoms with Gasteiger partial charge in [-0.2, -0.15) is 0 Å². The molecule has 0 heterocycles. The van der Waals surface area contributed by atoms with Crippen LogP contribution in [-0.4, -0.2) is 0 Å². The van der Waals surface area contributed by atoms with E-state index < -0.39 is 11.7 Å². The summed E-state index contributed by atoms with van der Waals surface area (Å²) in [6.45, 7) is 15.3. The molecule has 0 N–H and O–H groups in total. The van der Waals surface area contributed by atoms with Gasteiger partial charge in [0.25, 0.3) is 0 Å². The minimum absolute atomic E-state index is 0.0201. The van der Waals surface area contributed by atoms with Crippen LogP contribution >= 0.6 is 0 Å². The van der Waals surface area contributed by atoms with Gasteiger partial charge in [-0.1, -0.05) is 60.1 Å². The predicted octanol–water partition coefficient (Wildman–Crippen LogP) is 6.90. The highest BCUT2D eigenvalue weighted by molar-refractivity contribution is 5.41. The molecule has 0 unspecified atom stereocenters. The average Bonchev–Trinajstić information content (AvgIpc) is 2.24. The summed E-state index contributed by atoms with van der Waals surface area (Å²) in [5.41, 5.74) is 0.928. The zero-order chi connectivity index (χ0) is 16.1. The number of hydrogen-bond acceptors (Lipinski definition) is 0. The van der Waals surface area contributed by atoms with Crippen molar-refractivity contribution in [1.29, 1.82) is 0 Å². The van der Waals surface area contributed by atoms with Gasteiger partial charge in [0.1, 0.15) is 5.83 Å². The lowest BCUT2D eigenvalue weighted by atomic mass is 9.77. The Hall–Kier alpha value is -0.920. The summed E-state index contributed by atoms with van der Waals surface area (Å²) in [5, 5.41) is 0. The molecule has 0 atom stereocenters. The first-order chi connectivity index (χ1) is 8.92. The molecule has 0 aliphatic rings. The fourth-order valence-electron chi connectivity index (χ4n) is 2.38. The maximum absolute atomic E-state index is 14.3. The van der Waals surface area contributed by atoms with E-state index in [0.717, 1.165) is 18.4 Å². The van der Waals surface area contributed by atoms with Crippen LogP contribution in [0.3, 0.4) is 0 Å². The summed E-state index contributed by atoms with van der Waals surface area (Å²) in [6.07, 6.45) is 5.70. The number of hydrogen-bond donors (Lipinski definition) is 0. The Morgan fingerprint density at radius 3 is 1.85 bits per heavy atom. The van der Waals surface area contributed by atoms with E-state index in [9.17, 15) is 8.78 Å². The van der Waals surface area contributed by atoms with E-state index in [-0.39, 0.29) is 10.8 Å². The highest BCUT2D eigenvalue weighted by Gasteiger charge is 2.28. The monoisotopic (exact) mass is 284 g/mol. The SMILES string of the molecule is CCCC(C)(C)C(=C(C)/C=C/C(C)(C)C)/C(F)=C(\C)F. The molecule has 0 saturated carbocycles. The Kier molecular flexibility index (Phi) is 6.86. The molecule has 0 bridgehead atoms. The molecule has 0 rings (SSSR count). The van der Waals surface area contributed by atoms with Crippen LogP contribution in [0, 0.1) is 10.8 Å². The van der Waals surface area contributed by atoms with Gasteiger partial charge in [-0.25, -0.2) is 8.78 Å². The third-order valence-corrected chi connectivity index (χ3v) is 3.30. The van der Waals surface area contributed by atoms with Crippen LogP contribution in [0.2, 0.25) is 0 Å². The van der Waals surface area contributed by atoms with Crippen molar-refractivity contribution in [3.05, 3.63) is 35.0 Å². The average molecular weight is 284 g/mol. The highest BCUT2D eigenvalue weighted by atomic mass is 19.2. The van der Waals surface area contributed by atoms with Gasteiger partial charge in [0, 0.05) is 0 Å². The Balaban J connectivity index is 5.89. The molecular weight excluding hydrogens is 254 g/mol. The summed E-state index contributed by atoms with van der Waals surface area (Å²) in [5.74, 6) is -1.45. The largest absolute Gasteiger partial charge is 0.209 e. The highest BCUT2D eigenvalue weighted by Crippen LogP contribution is 2.40. The van der Waals surface area contributed by atoms with Crippen LogP contribution in [0.25, 0.3) is 0 Å². The predicted molar refractivity (Wildman–Crippen MR) is 84.9 cm³/mol. The lowest BCUT2D eigenvalue weighted by Gasteiger charge is -2.29. The minimum atomic E-state index is -0.743. The number of halogens is 2. The molecule has 0 aliphatic heterocycles. The Labute approximate surface area is 123 Å². The third-order valence-electron chi connectivity index (χ3n) is 3.30. The van der Waals surface area contributed by atoms with Gasteiger partial charge < -0.3 is 0 Å². The van der Waals surface area contributed by atoms with E-state index in [1.165, 1.54) is 6.92 Å². The molecule has 2 heteroatoms. The Morgan fingerprint density at radius 1 is 1.00 bits per heavy atom. The molecule has 0 aromatic rings. The molecule has 0 aromatic carbocycles. The number of allylic oxidation sites excluding steroid dienone is 6. The normalized spacial score (nSPS) is 16.3. The summed E-state index contributed by atoms with van der Waals surface area (Å²) >= 11 is 0. The van der Waals surface area contributed by atoms with Gasteiger partial charge in [-0.3, -0.25) is 0 Å². The van der Waals surface area contributed by atoms with Crippen LogP contribution in [0.15, 0.2) is 35.0 Å². The summed E-state index contributed by atoms with van der Waals surface area (Å²) in [6, 6.07) is 0. The van der Waals surface area contributed by atoms with Gasteiger partial charge in [-0.05, 0) is 42.2 Å². The molecule has 20 heavy (non-hydrogen) atoms. The van der Waals surface area contributed by atoms with E-state index in [1.807, 2.05) is 32.9 Å². The van der Waals surface area contributed by atoms with E-state index in [4.69, 9.17) is 0 Å². The molecule has 0 spiro atoms. The third kappa shape index (κ3) is 6.02. The number of rotatable bonds is 5. The summed E-state index contributed by atoms with van der Waals surface area (Å²) in [7, 11) is 0. The summed E-state index contributed by atoms with van der Waals surface area (Å²) < 4.78 is 27.7. The standard InChI is InChI=1S/C18H30F2/c1-9-11-18(7,8)15(16(20)14(3)19)13(2)10-12-17(4,5)6/h10,12H,9,11H2,1-8H3/b12-10+,15-13+,16-14-. The van der Waals surface area contributed by atoms with Crippen molar-refractivity contribution in [1.82, 2.24) is 0 Å². The zero-order valence-corrected chi connectivity index (χ0v) is 14.3. The van der Waals surface area contributed by atoms with E-state index in [1.54, 1.807) is 0 Å². The Bertz CT molecular complexity index is 411. The first-order valence-corrected chi connectivity index (χ1v) is 7.35. The van der Waals surface area contributed by atoms with E-state index in [2.05, 4.69) is 27.7 Å².